The molecule has 1 atom stereocenters. The first kappa shape index (κ1) is 19.9. The Labute approximate surface area is 152 Å². The minimum absolute atomic E-state index is 0.00458. The molecule has 0 aromatic heterocycles. The number of aliphatic hydroxyl groups excluding tert-OH is 2. The zero-order valence-electron chi connectivity index (χ0n) is 14.9. The number of phenols is 1. The number of carboxylic acids is 1. The van der Waals surface area contributed by atoms with Gasteiger partial charge in [0.2, 0.25) is 0 Å². The van der Waals surface area contributed by atoms with Gasteiger partial charge in [0.25, 0.3) is 0 Å². The number of benzene rings is 2. The van der Waals surface area contributed by atoms with Crippen molar-refractivity contribution in [3.63, 3.8) is 0 Å². The largest absolute Gasteiger partial charge is 0.508 e. The van der Waals surface area contributed by atoms with Gasteiger partial charge in [0.15, 0.2) is 0 Å². The fourth-order valence-electron chi connectivity index (χ4n) is 2.82. The highest BCUT2D eigenvalue weighted by molar-refractivity contribution is 5.87. The molecule has 0 heterocycles. The average molecular weight is 359 g/mol. The second-order valence-corrected chi connectivity index (χ2v) is 7.01. The molecule has 0 fully saturated rings. The standard InChI is InChI=1S/C20H25NO5/c1-20(2,10-13-4-3-5-15(8-13)19(25)26)21-11-18(24)14-6-7-17(23)16(9-14)12-22/h3-9,18,21-24H,10-12H2,1-2H3,(H,25,26). The molecule has 6 nitrogen and oxygen atoms in total. The molecule has 0 aliphatic heterocycles. The molecular weight excluding hydrogens is 334 g/mol. The van der Waals surface area contributed by atoms with Gasteiger partial charge in [-0.1, -0.05) is 18.2 Å². The summed E-state index contributed by atoms with van der Waals surface area (Å²) in [5.41, 5.74) is 1.74. The van der Waals surface area contributed by atoms with Gasteiger partial charge in [-0.15, -0.1) is 0 Å². The summed E-state index contributed by atoms with van der Waals surface area (Å²) in [4.78, 5) is 11.1. The monoisotopic (exact) mass is 359 g/mol. The van der Waals surface area contributed by atoms with Crippen LogP contribution in [0, 0.1) is 0 Å². The van der Waals surface area contributed by atoms with E-state index in [2.05, 4.69) is 5.32 Å². The Morgan fingerprint density at radius 1 is 1.19 bits per heavy atom. The number of carboxylic acid groups (broad SMARTS) is 1. The predicted molar refractivity (Wildman–Crippen MR) is 98.2 cm³/mol. The Bertz CT molecular complexity index is 773. The van der Waals surface area contributed by atoms with Gasteiger partial charge in [-0.05, 0) is 55.7 Å². The zero-order chi connectivity index (χ0) is 19.3. The summed E-state index contributed by atoms with van der Waals surface area (Å²) in [7, 11) is 0. The summed E-state index contributed by atoms with van der Waals surface area (Å²) >= 11 is 0. The smallest absolute Gasteiger partial charge is 0.335 e. The molecule has 26 heavy (non-hydrogen) atoms. The van der Waals surface area contributed by atoms with Crippen molar-refractivity contribution < 1.29 is 25.2 Å². The lowest BCUT2D eigenvalue weighted by atomic mass is 9.93. The van der Waals surface area contributed by atoms with E-state index in [-0.39, 0.29) is 30.0 Å². The van der Waals surface area contributed by atoms with Gasteiger partial charge < -0.3 is 25.7 Å². The topological polar surface area (TPSA) is 110 Å². The highest BCUT2D eigenvalue weighted by atomic mass is 16.4. The third-order valence-corrected chi connectivity index (χ3v) is 4.25. The summed E-state index contributed by atoms with van der Waals surface area (Å²) in [5, 5.41) is 41.6. The molecule has 140 valence electrons. The lowest BCUT2D eigenvalue weighted by molar-refractivity contribution is 0.0696. The molecule has 0 saturated heterocycles. The van der Waals surface area contributed by atoms with E-state index < -0.39 is 12.1 Å². The van der Waals surface area contributed by atoms with Gasteiger partial charge in [-0.2, -0.15) is 0 Å². The highest BCUT2D eigenvalue weighted by Crippen LogP contribution is 2.23. The maximum absolute atomic E-state index is 11.1. The van der Waals surface area contributed by atoms with E-state index in [1.54, 1.807) is 30.3 Å². The van der Waals surface area contributed by atoms with Crippen LogP contribution in [0.4, 0.5) is 0 Å². The Morgan fingerprint density at radius 2 is 1.92 bits per heavy atom. The molecule has 0 amide bonds. The van der Waals surface area contributed by atoms with E-state index in [9.17, 15) is 20.1 Å². The molecule has 2 rings (SSSR count). The van der Waals surface area contributed by atoms with Crippen molar-refractivity contribution in [1.29, 1.82) is 0 Å². The quantitative estimate of drug-likeness (QED) is 0.494. The van der Waals surface area contributed by atoms with E-state index in [1.165, 1.54) is 6.07 Å². The molecule has 0 radical (unpaired) electrons. The van der Waals surface area contributed by atoms with Crippen LogP contribution in [0.3, 0.4) is 0 Å². The van der Waals surface area contributed by atoms with Crippen LogP contribution in [-0.4, -0.2) is 38.5 Å². The second kappa shape index (κ2) is 8.31. The summed E-state index contributed by atoms with van der Waals surface area (Å²) in [5.74, 6) is -0.963. The maximum Gasteiger partial charge on any atom is 0.335 e. The van der Waals surface area contributed by atoms with E-state index in [4.69, 9.17) is 5.11 Å². The van der Waals surface area contributed by atoms with Crippen LogP contribution >= 0.6 is 0 Å². The fraction of sp³-hybridized carbons (Fsp3) is 0.350. The van der Waals surface area contributed by atoms with Crippen LogP contribution in [0.1, 0.15) is 47.0 Å². The van der Waals surface area contributed by atoms with Crippen LogP contribution in [-0.2, 0) is 13.0 Å². The zero-order valence-corrected chi connectivity index (χ0v) is 14.9. The summed E-state index contributed by atoms with van der Waals surface area (Å²) < 4.78 is 0. The van der Waals surface area contributed by atoms with Gasteiger partial charge in [-0.3, -0.25) is 0 Å². The number of rotatable bonds is 8. The first-order valence-electron chi connectivity index (χ1n) is 8.40. The average Bonchev–Trinajstić information content (AvgIpc) is 2.60. The first-order chi connectivity index (χ1) is 12.2. The number of aromatic hydroxyl groups is 1. The van der Waals surface area contributed by atoms with Crippen molar-refractivity contribution in [1.82, 2.24) is 5.32 Å². The number of carbonyl (C=O) groups is 1. The molecule has 0 bridgehead atoms. The molecule has 2 aromatic carbocycles. The van der Waals surface area contributed by atoms with E-state index >= 15 is 0 Å². The summed E-state index contributed by atoms with van der Waals surface area (Å²) in [6.07, 6.45) is -0.205. The molecule has 0 aliphatic rings. The van der Waals surface area contributed by atoms with Gasteiger partial charge in [0.05, 0.1) is 18.3 Å². The van der Waals surface area contributed by atoms with Gasteiger partial charge >= 0.3 is 5.97 Å². The van der Waals surface area contributed by atoms with Crippen molar-refractivity contribution in [2.24, 2.45) is 0 Å². The van der Waals surface area contributed by atoms with Crippen molar-refractivity contribution in [3.05, 3.63) is 64.7 Å². The van der Waals surface area contributed by atoms with Crippen LogP contribution < -0.4 is 5.32 Å². The summed E-state index contributed by atoms with van der Waals surface area (Å²) in [6, 6.07) is 11.4. The van der Waals surface area contributed by atoms with Crippen LogP contribution in [0.5, 0.6) is 5.75 Å². The molecule has 0 aliphatic carbocycles. The molecular formula is C20H25NO5. The Kier molecular flexibility index (Phi) is 6.37. The maximum atomic E-state index is 11.1. The SMILES string of the molecule is CC(C)(Cc1cccc(C(=O)O)c1)NCC(O)c1ccc(O)c(CO)c1. The van der Waals surface area contributed by atoms with Crippen molar-refractivity contribution in [2.75, 3.05) is 6.54 Å². The Morgan fingerprint density at radius 3 is 2.58 bits per heavy atom. The van der Waals surface area contributed by atoms with Crippen LogP contribution in [0.25, 0.3) is 0 Å². The van der Waals surface area contributed by atoms with Crippen LogP contribution in [0.15, 0.2) is 42.5 Å². The number of nitrogens with one attached hydrogen (secondary N) is 1. The first-order valence-corrected chi connectivity index (χ1v) is 8.40. The van der Waals surface area contributed by atoms with Crippen molar-refractivity contribution in [3.8, 4) is 5.75 Å². The number of hydrogen-bond acceptors (Lipinski definition) is 5. The van der Waals surface area contributed by atoms with E-state index in [0.29, 0.717) is 17.5 Å². The molecule has 0 spiro atoms. The predicted octanol–water partition coefficient (Wildman–Crippen LogP) is 2.23. The lowest BCUT2D eigenvalue weighted by Crippen LogP contribution is -2.43. The minimum Gasteiger partial charge on any atom is -0.508 e. The lowest BCUT2D eigenvalue weighted by Gasteiger charge is -2.28. The van der Waals surface area contributed by atoms with Crippen molar-refractivity contribution in [2.45, 2.75) is 38.5 Å². The second-order valence-electron chi connectivity index (χ2n) is 7.01. The molecule has 6 heteroatoms. The van der Waals surface area contributed by atoms with E-state index in [1.807, 2.05) is 19.9 Å². The number of aliphatic hydroxyl groups is 2. The van der Waals surface area contributed by atoms with Crippen molar-refractivity contribution >= 4 is 5.97 Å². The third-order valence-electron chi connectivity index (χ3n) is 4.25. The van der Waals surface area contributed by atoms with Gasteiger partial charge in [0.1, 0.15) is 5.75 Å². The number of hydrogen-bond donors (Lipinski definition) is 5. The Balaban J connectivity index is 2.00. The Hall–Kier alpha value is -2.41. The van der Waals surface area contributed by atoms with Gasteiger partial charge in [0, 0.05) is 17.6 Å². The fourth-order valence-corrected chi connectivity index (χ4v) is 2.82. The normalized spacial score (nSPS) is 12.8. The molecule has 0 saturated carbocycles. The number of aromatic carboxylic acids is 1. The number of β-amino-alcohol motifs (C(OH)–C–C–N with tert-alkyl or cyclic N) is 1. The summed E-state index contributed by atoms with van der Waals surface area (Å²) in [6.45, 7) is 3.93. The van der Waals surface area contributed by atoms with Gasteiger partial charge in [-0.25, -0.2) is 4.79 Å². The minimum atomic E-state index is -0.958. The molecule has 1 unspecified atom stereocenters. The van der Waals surface area contributed by atoms with E-state index in [0.717, 1.165) is 5.56 Å². The highest BCUT2D eigenvalue weighted by Gasteiger charge is 2.20. The molecule has 2 aromatic rings. The molecule has 5 N–H and O–H groups in total. The van der Waals surface area contributed by atoms with Crippen LogP contribution in [0.2, 0.25) is 0 Å². The third kappa shape index (κ3) is 5.29.